The molecule has 2 aromatic rings. The fourth-order valence-electron chi connectivity index (χ4n) is 3.81. The molecule has 2 rings (SSSR count). The zero-order valence-corrected chi connectivity index (χ0v) is 23.5. The van der Waals surface area contributed by atoms with Crippen molar-refractivity contribution in [2.24, 2.45) is 0 Å². The minimum Gasteiger partial charge on any atom is -0.508 e. The van der Waals surface area contributed by atoms with Crippen LogP contribution in [0, 0.1) is 0 Å². The van der Waals surface area contributed by atoms with Crippen molar-refractivity contribution < 1.29 is 23.8 Å². The first-order valence-corrected chi connectivity index (χ1v) is 13.2. The zero-order valence-electron chi connectivity index (χ0n) is 23.5. The number of halogens is 1. The number of amides is 2. The van der Waals surface area contributed by atoms with Gasteiger partial charge >= 0.3 is 0 Å². The molecule has 204 valence electrons. The predicted octanol–water partition coefficient (Wildman–Crippen LogP) is 7.25. The van der Waals surface area contributed by atoms with Crippen molar-refractivity contribution in [1.82, 2.24) is 0 Å². The van der Waals surface area contributed by atoms with Gasteiger partial charge in [-0.3, -0.25) is 9.59 Å². The van der Waals surface area contributed by atoms with Crippen LogP contribution in [0.25, 0.3) is 0 Å². The lowest BCUT2D eigenvalue weighted by Crippen LogP contribution is -2.34. The van der Waals surface area contributed by atoms with Crippen LogP contribution in [0.1, 0.15) is 92.2 Å². The summed E-state index contributed by atoms with van der Waals surface area (Å²) >= 11 is 0. The molecule has 2 atom stereocenters. The van der Waals surface area contributed by atoms with Crippen LogP contribution in [-0.4, -0.2) is 29.2 Å². The number of alkyl halides is 1. The third-order valence-corrected chi connectivity index (χ3v) is 7.35. The molecule has 3 N–H and O–H groups in total. The maximum Gasteiger partial charge on any atom is 0.265 e. The van der Waals surface area contributed by atoms with Crippen LogP contribution >= 0.6 is 0 Å². The Morgan fingerprint density at radius 3 is 2.05 bits per heavy atom. The first-order valence-electron chi connectivity index (χ1n) is 13.2. The lowest BCUT2D eigenvalue weighted by Gasteiger charge is -2.31. The van der Waals surface area contributed by atoms with Gasteiger partial charge in [-0.2, -0.15) is 0 Å². The molecule has 2 aromatic carbocycles. The molecule has 7 heteroatoms. The number of hydrogen-bond acceptors (Lipinski definition) is 4. The minimum absolute atomic E-state index is 0.00513. The lowest BCUT2D eigenvalue weighted by molar-refractivity contribution is -0.123. The van der Waals surface area contributed by atoms with Gasteiger partial charge in [-0.05, 0) is 60.3 Å². The summed E-state index contributed by atoms with van der Waals surface area (Å²) in [6.07, 6.45) is -0.201. The third-order valence-electron chi connectivity index (χ3n) is 7.35. The van der Waals surface area contributed by atoms with Crippen LogP contribution in [-0.2, 0) is 20.4 Å². The van der Waals surface area contributed by atoms with E-state index in [4.69, 9.17) is 4.74 Å². The molecule has 2 amide bonds. The van der Waals surface area contributed by atoms with Gasteiger partial charge in [0.05, 0.1) is 11.4 Å². The molecule has 0 spiro atoms. The molecule has 0 aromatic heterocycles. The van der Waals surface area contributed by atoms with E-state index in [1.807, 2.05) is 13.0 Å². The first-order chi connectivity index (χ1) is 17.3. The van der Waals surface area contributed by atoms with Crippen molar-refractivity contribution in [3.8, 4) is 11.5 Å². The van der Waals surface area contributed by atoms with E-state index in [0.29, 0.717) is 12.2 Å². The van der Waals surface area contributed by atoms with E-state index in [1.165, 1.54) is 23.8 Å². The standard InChI is InChI=1S/C30H43FN2O4/c1-9-22(31)27(35)32-23-15-14-20(34)18-24(23)33-28(36)25(10-2)37-26-16-13-19(29(5,6)11-3)17-21(26)30(7,8)12-4/h13-18,22,25,34H,9-12H2,1-8H3,(H,32,35)(H,33,36). The van der Waals surface area contributed by atoms with E-state index in [2.05, 4.69) is 64.3 Å². The second-order valence-corrected chi connectivity index (χ2v) is 10.8. The maximum atomic E-state index is 13.8. The molecule has 2 unspecified atom stereocenters. The van der Waals surface area contributed by atoms with Crippen molar-refractivity contribution in [3.05, 3.63) is 47.5 Å². The number of rotatable bonds is 12. The van der Waals surface area contributed by atoms with Crippen molar-refractivity contribution in [1.29, 1.82) is 0 Å². The van der Waals surface area contributed by atoms with E-state index < -0.39 is 24.1 Å². The normalized spacial score (nSPS) is 13.5. The lowest BCUT2D eigenvalue weighted by atomic mass is 9.76. The number of hydrogen-bond donors (Lipinski definition) is 3. The molecule has 6 nitrogen and oxygen atoms in total. The smallest absolute Gasteiger partial charge is 0.265 e. The van der Waals surface area contributed by atoms with Crippen molar-refractivity contribution in [3.63, 3.8) is 0 Å². The maximum absolute atomic E-state index is 13.8. The van der Waals surface area contributed by atoms with E-state index in [9.17, 15) is 19.1 Å². The number of carbonyl (C=O) groups is 2. The predicted molar refractivity (Wildman–Crippen MR) is 148 cm³/mol. The SMILES string of the molecule is CCC(F)C(=O)Nc1ccc(O)cc1NC(=O)C(CC)Oc1ccc(C(C)(C)CC)cc1C(C)(C)CC. The summed E-state index contributed by atoms with van der Waals surface area (Å²) in [5.41, 5.74) is 2.45. The van der Waals surface area contributed by atoms with E-state index in [1.54, 1.807) is 6.92 Å². The average molecular weight is 515 g/mol. The van der Waals surface area contributed by atoms with Crippen molar-refractivity contribution >= 4 is 23.2 Å². The molecule has 0 radical (unpaired) electrons. The van der Waals surface area contributed by atoms with Gasteiger partial charge in [0, 0.05) is 11.6 Å². The van der Waals surface area contributed by atoms with Gasteiger partial charge in [0.1, 0.15) is 11.5 Å². The topological polar surface area (TPSA) is 87.7 Å². The quantitative estimate of drug-likeness (QED) is 0.260. The number of ether oxygens (including phenoxy) is 1. The van der Waals surface area contributed by atoms with Crippen LogP contribution in [0.5, 0.6) is 11.5 Å². The highest BCUT2D eigenvalue weighted by atomic mass is 19.1. The number of phenols is 1. The molecular weight excluding hydrogens is 471 g/mol. The van der Waals surface area contributed by atoms with Crippen LogP contribution in [0.2, 0.25) is 0 Å². The number of aromatic hydroxyl groups is 1. The van der Waals surface area contributed by atoms with E-state index in [0.717, 1.165) is 18.4 Å². The molecule has 0 aliphatic heterocycles. The molecule has 37 heavy (non-hydrogen) atoms. The van der Waals surface area contributed by atoms with Gasteiger partial charge in [-0.15, -0.1) is 0 Å². The Kier molecular flexibility index (Phi) is 10.1. The number of anilines is 2. The summed E-state index contributed by atoms with van der Waals surface area (Å²) in [7, 11) is 0. The molecule has 0 saturated carbocycles. The molecule has 0 aliphatic carbocycles. The van der Waals surface area contributed by atoms with Crippen LogP contribution in [0.4, 0.5) is 15.8 Å². The monoisotopic (exact) mass is 514 g/mol. The van der Waals surface area contributed by atoms with E-state index >= 15 is 0 Å². The summed E-state index contributed by atoms with van der Waals surface area (Å²) in [4.78, 5) is 25.4. The summed E-state index contributed by atoms with van der Waals surface area (Å²) in [5.74, 6) is -0.699. The van der Waals surface area contributed by atoms with Crippen LogP contribution in [0.3, 0.4) is 0 Å². The van der Waals surface area contributed by atoms with Gasteiger partial charge < -0.3 is 20.5 Å². The number of phenolic OH excluding ortho intramolecular Hbond substituents is 1. The highest BCUT2D eigenvalue weighted by Crippen LogP contribution is 2.39. The summed E-state index contributed by atoms with van der Waals surface area (Å²) < 4.78 is 20.1. The zero-order chi connectivity index (χ0) is 28.0. The fourth-order valence-corrected chi connectivity index (χ4v) is 3.81. The van der Waals surface area contributed by atoms with Gasteiger partial charge in [-0.25, -0.2) is 4.39 Å². The van der Waals surface area contributed by atoms with Gasteiger partial charge in [0.25, 0.3) is 11.8 Å². The Hall–Kier alpha value is -3.09. The second kappa shape index (κ2) is 12.4. The van der Waals surface area contributed by atoms with E-state index in [-0.39, 0.29) is 34.4 Å². The first kappa shape index (κ1) is 30.1. The fraction of sp³-hybridized carbons (Fsp3) is 0.533. The molecule has 0 fully saturated rings. The highest BCUT2D eigenvalue weighted by molar-refractivity contribution is 6.02. The Balaban J connectivity index is 2.37. The highest BCUT2D eigenvalue weighted by Gasteiger charge is 2.29. The summed E-state index contributed by atoms with van der Waals surface area (Å²) in [6, 6.07) is 10.3. The van der Waals surface area contributed by atoms with Gasteiger partial charge in [0.2, 0.25) is 0 Å². The number of benzene rings is 2. The molecular formula is C30H43FN2O4. The van der Waals surface area contributed by atoms with Gasteiger partial charge in [0.15, 0.2) is 12.3 Å². The minimum atomic E-state index is -1.68. The summed E-state index contributed by atoms with van der Waals surface area (Å²) in [6.45, 7) is 16.5. The summed E-state index contributed by atoms with van der Waals surface area (Å²) in [5, 5.41) is 15.2. The number of nitrogens with one attached hydrogen (secondary N) is 2. The largest absolute Gasteiger partial charge is 0.508 e. The Morgan fingerprint density at radius 2 is 1.49 bits per heavy atom. The van der Waals surface area contributed by atoms with Gasteiger partial charge in [-0.1, -0.05) is 67.5 Å². The van der Waals surface area contributed by atoms with Crippen molar-refractivity contribution in [2.75, 3.05) is 10.6 Å². The molecule has 0 heterocycles. The molecule has 0 saturated heterocycles. The molecule has 0 bridgehead atoms. The van der Waals surface area contributed by atoms with Crippen LogP contribution < -0.4 is 15.4 Å². The third kappa shape index (κ3) is 7.46. The van der Waals surface area contributed by atoms with Crippen molar-refractivity contribution in [2.45, 2.75) is 104 Å². The Morgan fingerprint density at radius 1 is 0.865 bits per heavy atom. The van der Waals surface area contributed by atoms with Crippen LogP contribution in [0.15, 0.2) is 36.4 Å². The Labute approximate surface area is 221 Å². The Bertz CT molecular complexity index is 1100. The average Bonchev–Trinajstić information content (AvgIpc) is 2.87. The molecule has 0 aliphatic rings. The second-order valence-electron chi connectivity index (χ2n) is 10.8. The number of carbonyl (C=O) groups excluding carboxylic acids is 2.